The summed E-state index contributed by atoms with van der Waals surface area (Å²) in [6, 6.07) is 1.98. The number of nitrogens with zero attached hydrogens (tertiary/aromatic N) is 4. The molecule has 1 aromatic heterocycles. The molecule has 3 rings (SSSR count). The maximum absolute atomic E-state index is 11.3. The molecule has 3 heterocycles. The standard InChI is InChI=1S/C13H18N4OS/c18-11-2-5-17(6-3-11)13-14-4-1-12(15-13)16-7-9-19-10-8-16/h1,4H,2-3,5-10H2. The second-order valence-corrected chi connectivity index (χ2v) is 6.06. The Morgan fingerprint density at radius 3 is 2.53 bits per heavy atom. The van der Waals surface area contributed by atoms with E-state index in [1.165, 1.54) is 0 Å². The highest BCUT2D eigenvalue weighted by atomic mass is 32.2. The van der Waals surface area contributed by atoms with Crippen LogP contribution in [0.15, 0.2) is 12.3 Å². The molecule has 0 unspecified atom stereocenters. The van der Waals surface area contributed by atoms with Crippen LogP contribution in [0.2, 0.25) is 0 Å². The highest BCUT2D eigenvalue weighted by molar-refractivity contribution is 7.99. The number of rotatable bonds is 2. The van der Waals surface area contributed by atoms with Gasteiger partial charge < -0.3 is 9.80 Å². The van der Waals surface area contributed by atoms with Crippen molar-refractivity contribution in [2.24, 2.45) is 0 Å². The third-order valence-corrected chi connectivity index (χ3v) is 4.51. The highest BCUT2D eigenvalue weighted by Crippen LogP contribution is 2.20. The van der Waals surface area contributed by atoms with E-state index >= 15 is 0 Å². The van der Waals surface area contributed by atoms with E-state index in [2.05, 4.69) is 19.8 Å². The molecule has 1 aromatic rings. The van der Waals surface area contributed by atoms with Gasteiger partial charge in [0.05, 0.1) is 0 Å². The van der Waals surface area contributed by atoms with Gasteiger partial charge in [-0.25, -0.2) is 4.98 Å². The Labute approximate surface area is 117 Å². The minimum atomic E-state index is 0.348. The molecule has 0 radical (unpaired) electrons. The number of piperidine rings is 1. The smallest absolute Gasteiger partial charge is 0.227 e. The zero-order chi connectivity index (χ0) is 13.1. The fourth-order valence-corrected chi connectivity index (χ4v) is 3.32. The monoisotopic (exact) mass is 278 g/mol. The molecule has 102 valence electrons. The third-order valence-electron chi connectivity index (χ3n) is 3.57. The van der Waals surface area contributed by atoms with Gasteiger partial charge in [0.2, 0.25) is 5.95 Å². The van der Waals surface area contributed by atoms with Crippen molar-refractivity contribution in [1.82, 2.24) is 9.97 Å². The van der Waals surface area contributed by atoms with Crippen LogP contribution in [0.5, 0.6) is 0 Å². The minimum Gasteiger partial charge on any atom is -0.355 e. The number of carbonyl (C=O) groups is 1. The number of hydrogen-bond acceptors (Lipinski definition) is 6. The van der Waals surface area contributed by atoms with Gasteiger partial charge in [0.25, 0.3) is 0 Å². The van der Waals surface area contributed by atoms with Crippen LogP contribution in [-0.4, -0.2) is 53.4 Å². The third kappa shape index (κ3) is 3.00. The molecule has 0 aliphatic carbocycles. The van der Waals surface area contributed by atoms with Crippen LogP contribution in [0.1, 0.15) is 12.8 Å². The predicted octanol–water partition coefficient (Wildman–Crippen LogP) is 1.20. The molecular formula is C13H18N4OS. The molecule has 0 aromatic carbocycles. The van der Waals surface area contributed by atoms with Crippen LogP contribution in [-0.2, 0) is 4.79 Å². The average Bonchev–Trinajstić information content (AvgIpc) is 2.49. The maximum Gasteiger partial charge on any atom is 0.227 e. The van der Waals surface area contributed by atoms with E-state index in [4.69, 9.17) is 0 Å². The van der Waals surface area contributed by atoms with Crippen LogP contribution in [0.25, 0.3) is 0 Å². The first-order chi connectivity index (χ1) is 9.33. The molecule has 0 saturated carbocycles. The molecule has 2 saturated heterocycles. The normalized spacial score (nSPS) is 20.7. The summed E-state index contributed by atoms with van der Waals surface area (Å²) in [5.41, 5.74) is 0. The molecule has 2 aliphatic rings. The average molecular weight is 278 g/mol. The van der Waals surface area contributed by atoms with Crippen molar-refractivity contribution in [3.05, 3.63) is 12.3 Å². The molecule has 0 N–H and O–H groups in total. The first-order valence-electron chi connectivity index (χ1n) is 6.75. The van der Waals surface area contributed by atoms with Crippen LogP contribution >= 0.6 is 11.8 Å². The Morgan fingerprint density at radius 1 is 1.05 bits per heavy atom. The first-order valence-corrected chi connectivity index (χ1v) is 7.91. The van der Waals surface area contributed by atoms with Gasteiger partial charge in [-0.1, -0.05) is 0 Å². The number of thioether (sulfide) groups is 1. The van der Waals surface area contributed by atoms with E-state index in [-0.39, 0.29) is 0 Å². The molecule has 0 bridgehead atoms. The lowest BCUT2D eigenvalue weighted by molar-refractivity contribution is -0.119. The van der Waals surface area contributed by atoms with E-state index in [0.29, 0.717) is 18.6 Å². The van der Waals surface area contributed by atoms with Crippen molar-refractivity contribution in [3.8, 4) is 0 Å². The van der Waals surface area contributed by atoms with E-state index in [9.17, 15) is 4.79 Å². The van der Waals surface area contributed by atoms with Gasteiger partial charge in [-0.2, -0.15) is 16.7 Å². The number of Topliss-reactive ketones (excluding diaryl/α,β-unsaturated/α-hetero) is 1. The Kier molecular flexibility index (Phi) is 3.87. The van der Waals surface area contributed by atoms with Gasteiger partial charge in [0.1, 0.15) is 11.6 Å². The Morgan fingerprint density at radius 2 is 1.79 bits per heavy atom. The Hall–Kier alpha value is -1.30. The van der Waals surface area contributed by atoms with Gasteiger partial charge in [0, 0.05) is 56.7 Å². The molecule has 6 heteroatoms. The summed E-state index contributed by atoms with van der Waals surface area (Å²) in [4.78, 5) is 24.7. The topological polar surface area (TPSA) is 49.3 Å². The van der Waals surface area contributed by atoms with E-state index < -0.39 is 0 Å². The summed E-state index contributed by atoms with van der Waals surface area (Å²) in [5, 5.41) is 0. The van der Waals surface area contributed by atoms with Gasteiger partial charge in [-0.15, -0.1) is 0 Å². The molecule has 0 amide bonds. The summed E-state index contributed by atoms with van der Waals surface area (Å²) in [6.07, 6.45) is 3.07. The largest absolute Gasteiger partial charge is 0.355 e. The first kappa shape index (κ1) is 12.7. The number of ketones is 1. The van der Waals surface area contributed by atoms with Crippen LogP contribution < -0.4 is 9.80 Å². The number of anilines is 2. The van der Waals surface area contributed by atoms with Gasteiger partial charge in [-0.3, -0.25) is 4.79 Å². The summed E-state index contributed by atoms with van der Waals surface area (Å²) in [5.74, 6) is 4.46. The van der Waals surface area contributed by atoms with Gasteiger partial charge in [0.15, 0.2) is 0 Å². The maximum atomic E-state index is 11.3. The second kappa shape index (κ2) is 5.77. The lowest BCUT2D eigenvalue weighted by Gasteiger charge is -2.30. The van der Waals surface area contributed by atoms with Crippen molar-refractivity contribution < 1.29 is 4.79 Å². The molecule has 0 atom stereocenters. The van der Waals surface area contributed by atoms with E-state index in [1.807, 2.05) is 24.0 Å². The molecule has 19 heavy (non-hydrogen) atoms. The SMILES string of the molecule is O=C1CCN(c2nccc(N3CCSCC3)n2)CC1. The summed E-state index contributed by atoms with van der Waals surface area (Å²) < 4.78 is 0. The number of aromatic nitrogens is 2. The Bertz CT molecular complexity index is 452. The van der Waals surface area contributed by atoms with Crippen molar-refractivity contribution >= 4 is 29.3 Å². The summed E-state index contributed by atoms with van der Waals surface area (Å²) >= 11 is 1.99. The number of hydrogen-bond donors (Lipinski definition) is 0. The fourth-order valence-electron chi connectivity index (χ4n) is 2.42. The molecule has 5 nitrogen and oxygen atoms in total. The Balaban J connectivity index is 1.73. The summed E-state index contributed by atoms with van der Waals surface area (Å²) in [6.45, 7) is 3.61. The molecular weight excluding hydrogens is 260 g/mol. The van der Waals surface area contributed by atoms with E-state index in [0.717, 1.165) is 49.5 Å². The van der Waals surface area contributed by atoms with Crippen molar-refractivity contribution in [2.45, 2.75) is 12.8 Å². The van der Waals surface area contributed by atoms with Crippen molar-refractivity contribution in [3.63, 3.8) is 0 Å². The van der Waals surface area contributed by atoms with Crippen LogP contribution in [0, 0.1) is 0 Å². The van der Waals surface area contributed by atoms with Crippen molar-refractivity contribution in [2.75, 3.05) is 47.5 Å². The lowest BCUT2D eigenvalue weighted by atomic mass is 10.1. The zero-order valence-corrected chi connectivity index (χ0v) is 11.7. The van der Waals surface area contributed by atoms with Gasteiger partial charge in [-0.05, 0) is 6.07 Å². The highest BCUT2D eigenvalue weighted by Gasteiger charge is 2.20. The molecule has 2 aliphatic heterocycles. The van der Waals surface area contributed by atoms with Crippen LogP contribution in [0.3, 0.4) is 0 Å². The minimum absolute atomic E-state index is 0.348. The van der Waals surface area contributed by atoms with Crippen molar-refractivity contribution in [1.29, 1.82) is 0 Å². The molecule has 0 spiro atoms. The van der Waals surface area contributed by atoms with E-state index in [1.54, 1.807) is 0 Å². The fraction of sp³-hybridized carbons (Fsp3) is 0.615. The van der Waals surface area contributed by atoms with Gasteiger partial charge >= 0.3 is 0 Å². The molecule has 2 fully saturated rings. The lowest BCUT2D eigenvalue weighted by Crippen LogP contribution is -2.36. The summed E-state index contributed by atoms with van der Waals surface area (Å²) in [7, 11) is 0. The predicted molar refractivity (Wildman–Crippen MR) is 78.0 cm³/mol. The zero-order valence-electron chi connectivity index (χ0n) is 10.9. The second-order valence-electron chi connectivity index (χ2n) is 4.84. The quantitative estimate of drug-likeness (QED) is 0.810. The van der Waals surface area contributed by atoms with Crippen LogP contribution in [0.4, 0.5) is 11.8 Å². The number of carbonyl (C=O) groups excluding carboxylic acids is 1.